The van der Waals surface area contributed by atoms with Crippen molar-refractivity contribution < 1.29 is 0 Å². The highest BCUT2D eigenvalue weighted by atomic mass is 35.5. The standard InChI is InChI=1S/C11H12ClN3/c1-2-15-6-5-14-11(15)9-7-8(12)3-4-10(9)13/h3-7H,2,13H2,1H3. The molecule has 0 radical (unpaired) electrons. The minimum atomic E-state index is 0.671. The second kappa shape index (κ2) is 3.95. The topological polar surface area (TPSA) is 43.8 Å². The van der Waals surface area contributed by atoms with Gasteiger partial charge in [0, 0.05) is 35.2 Å². The molecule has 0 saturated heterocycles. The van der Waals surface area contributed by atoms with Gasteiger partial charge in [0.15, 0.2) is 0 Å². The molecular weight excluding hydrogens is 210 g/mol. The van der Waals surface area contributed by atoms with E-state index < -0.39 is 0 Å². The normalized spacial score (nSPS) is 10.5. The Balaban J connectivity index is 2.58. The maximum absolute atomic E-state index is 5.94. The number of nitrogens with two attached hydrogens (primary N) is 1. The molecular formula is C11H12ClN3. The van der Waals surface area contributed by atoms with Crippen molar-refractivity contribution in [1.82, 2.24) is 9.55 Å². The fraction of sp³-hybridized carbons (Fsp3) is 0.182. The fourth-order valence-corrected chi connectivity index (χ4v) is 1.70. The van der Waals surface area contributed by atoms with E-state index in [1.165, 1.54) is 0 Å². The van der Waals surface area contributed by atoms with Gasteiger partial charge in [-0.1, -0.05) is 11.6 Å². The van der Waals surface area contributed by atoms with E-state index >= 15 is 0 Å². The van der Waals surface area contributed by atoms with E-state index in [-0.39, 0.29) is 0 Å². The molecule has 0 aliphatic heterocycles. The summed E-state index contributed by atoms with van der Waals surface area (Å²) in [6, 6.07) is 5.41. The molecule has 2 rings (SSSR count). The molecule has 0 aliphatic rings. The summed E-state index contributed by atoms with van der Waals surface area (Å²) in [5.74, 6) is 0.859. The molecule has 0 spiro atoms. The van der Waals surface area contributed by atoms with E-state index in [0.29, 0.717) is 10.7 Å². The largest absolute Gasteiger partial charge is 0.398 e. The molecule has 4 heteroatoms. The predicted octanol–water partition coefficient (Wildman–Crippen LogP) is 2.81. The first kappa shape index (κ1) is 10.1. The number of nitrogens with zero attached hydrogens (tertiary/aromatic N) is 2. The number of nitrogen functional groups attached to an aromatic ring is 1. The van der Waals surface area contributed by atoms with Crippen molar-refractivity contribution in [1.29, 1.82) is 0 Å². The van der Waals surface area contributed by atoms with Crippen LogP contribution in [0.4, 0.5) is 5.69 Å². The molecule has 0 aliphatic carbocycles. The molecule has 0 bridgehead atoms. The van der Waals surface area contributed by atoms with Crippen LogP contribution >= 0.6 is 11.6 Å². The lowest BCUT2D eigenvalue weighted by atomic mass is 10.1. The number of aromatic nitrogens is 2. The zero-order valence-corrected chi connectivity index (χ0v) is 9.20. The number of aryl methyl sites for hydroxylation is 1. The van der Waals surface area contributed by atoms with Crippen LogP contribution < -0.4 is 5.73 Å². The van der Waals surface area contributed by atoms with Gasteiger partial charge >= 0.3 is 0 Å². The summed E-state index contributed by atoms with van der Waals surface area (Å²) in [5, 5.41) is 0.671. The van der Waals surface area contributed by atoms with Crippen molar-refractivity contribution in [2.24, 2.45) is 0 Å². The van der Waals surface area contributed by atoms with Crippen molar-refractivity contribution in [2.45, 2.75) is 13.5 Å². The molecule has 15 heavy (non-hydrogen) atoms. The predicted molar refractivity (Wildman–Crippen MR) is 62.8 cm³/mol. The van der Waals surface area contributed by atoms with Crippen LogP contribution in [0.5, 0.6) is 0 Å². The summed E-state index contributed by atoms with van der Waals surface area (Å²) in [5.41, 5.74) is 7.47. The number of hydrogen-bond acceptors (Lipinski definition) is 2. The fourth-order valence-electron chi connectivity index (χ4n) is 1.53. The molecule has 1 aromatic carbocycles. The van der Waals surface area contributed by atoms with E-state index in [4.69, 9.17) is 17.3 Å². The van der Waals surface area contributed by atoms with Gasteiger partial charge in [-0.15, -0.1) is 0 Å². The van der Waals surface area contributed by atoms with Gasteiger partial charge < -0.3 is 10.3 Å². The summed E-state index contributed by atoms with van der Waals surface area (Å²) >= 11 is 5.94. The van der Waals surface area contributed by atoms with Crippen LogP contribution in [0.15, 0.2) is 30.6 Å². The van der Waals surface area contributed by atoms with E-state index in [2.05, 4.69) is 11.9 Å². The molecule has 0 unspecified atom stereocenters. The summed E-state index contributed by atoms with van der Waals surface area (Å²) in [6.45, 7) is 2.92. The lowest BCUT2D eigenvalue weighted by molar-refractivity contribution is 0.771. The Labute approximate surface area is 93.5 Å². The first-order chi connectivity index (χ1) is 7.22. The third-order valence-corrected chi connectivity index (χ3v) is 2.55. The van der Waals surface area contributed by atoms with Gasteiger partial charge in [-0.25, -0.2) is 4.98 Å². The Bertz CT molecular complexity index is 476. The molecule has 78 valence electrons. The Kier molecular flexibility index (Phi) is 2.64. The maximum atomic E-state index is 5.94. The smallest absolute Gasteiger partial charge is 0.142 e. The van der Waals surface area contributed by atoms with Crippen molar-refractivity contribution in [3.63, 3.8) is 0 Å². The van der Waals surface area contributed by atoms with E-state index in [1.807, 2.05) is 16.8 Å². The highest BCUT2D eigenvalue weighted by Crippen LogP contribution is 2.27. The van der Waals surface area contributed by atoms with Crippen molar-refractivity contribution >= 4 is 17.3 Å². The van der Waals surface area contributed by atoms with E-state index in [9.17, 15) is 0 Å². The summed E-state index contributed by atoms with van der Waals surface area (Å²) in [6.07, 6.45) is 3.69. The van der Waals surface area contributed by atoms with Gasteiger partial charge in [-0.2, -0.15) is 0 Å². The van der Waals surface area contributed by atoms with Crippen LogP contribution in [0.3, 0.4) is 0 Å². The Morgan fingerprint density at radius 1 is 1.47 bits per heavy atom. The summed E-state index contributed by atoms with van der Waals surface area (Å²) < 4.78 is 2.03. The molecule has 2 N–H and O–H groups in total. The molecule has 0 fully saturated rings. The lowest BCUT2D eigenvalue weighted by Crippen LogP contribution is -1.99. The van der Waals surface area contributed by atoms with Crippen LogP contribution in [0.2, 0.25) is 5.02 Å². The zero-order valence-electron chi connectivity index (χ0n) is 8.44. The van der Waals surface area contributed by atoms with Crippen LogP contribution in [-0.4, -0.2) is 9.55 Å². The van der Waals surface area contributed by atoms with E-state index in [1.54, 1.807) is 18.3 Å². The molecule has 3 nitrogen and oxygen atoms in total. The first-order valence-electron chi connectivity index (χ1n) is 4.79. The molecule has 0 amide bonds. The van der Waals surface area contributed by atoms with E-state index in [0.717, 1.165) is 17.9 Å². The summed E-state index contributed by atoms with van der Waals surface area (Å²) in [7, 11) is 0. The zero-order chi connectivity index (χ0) is 10.8. The van der Waals surface area contributed by atoms with Crippen molar-refractivity contribution in [3.05, 3.63) is 35.6 Å². The number of imidazole rings is 1. The quantitative estimate of drug-likeness (QED) is 0.793. The Hall–Kier alpha value is -1.48. The minimum Gasteiger partial charge on any atom is -0.398 e. The minimum absolute atomic E-state index is 0.671. The monoisotopic (exact) mass is 221 g/mol. The van der Waals surface area contributed by atoms with Gasteiger partial charge in [0.05, 0.1) is 0 Å². The molecule has 1 aromatic heterocycles. The van der Waals surface area contributed by atoms with Gasteiger partial charge in [-0.3, -0.25) is 0 Å². The Morgan fingerprint density at radius 2 is 2.27 bits per heavy atom. The number of benzene rings is 1. The average Bonchev–Trinajstić information content (AvgIpc) is 2.69. The molecule has 1 heterocycles. The van der Waals surface area contributed by atoms with Crippen molar-refractivity contribution in [2.75, 3.05) is 5.73 Å². The number of anilines is 1. The van der Waals surface area contributed by atoms with Crippen molar-refractivity contribution in [3.8, 4) is 11.4 Å². The van der Waals surface area contributed by atoms with Crippen LogP contribution in [0, 0.1) is 0 Å². The van der Waals surface area contributed by atoms with Gasteiger partial charge in [-0.05, 0) is 25.1 Å². The summed E-state index contributed by atoms with van der Waals surface area (Å²) in [4.78, 5) is 4.28. The second-order valence-corrected chi connectivity index (χ2v) is 3.70. The maximum Gasteiger partial charge on any atom is 0.142 e. The number of halogens is 1. The molecule has 0 saturated carbocycles. The van der Waals surface area contributed by atoms with Gasteiger partial charge in [0.2, 0.25) is 0 Å². The number of hydrogen-bond donors (Lipinski definition) is 1. The second-order valence-electron chi connectivity index (χ2n) is 3.27. The third kappa shape index (κ3) is 1.83. The third-order valence-electron chi connectivity index (χ3n) is 2.31. The van der Waals surface area contributed by atoms with Crippen LogP contribution in [0.1, 0.15) is 6.92 Å². The van der Waals surface area contributed by atoms with Gasteiger partial charge in [0.25, 0.3) is 0 Å². The number of rotatable bonds is 2. The molecule has 2 aromatic rings. The lowest BCUT2D eigenvalue weighted by Gasteiger charge is -2.07. The van der Waals surface area contributed by atoms with Crippen LogP contribution in [0.25, 0.3) is 11.4 Å². The Morgan fingerprint density at radius 3 is 3.00 bits per heavy atom. The first-order valence-corrected chi connectivity index (χ1v) is 5.16. The highest BCUT2D eigenvalue weighted by Gasteiger charge is 2.08. The highest BCUT2D eigenvalue weighted by molar-refractivity contribution is 6.31. The molecule has 0 atom stereocenters. The average molecular weight is 222 g/mol. The SMILES string of the molecule is CCn1ccnc1-c1cc(Cl)ccc1N. The van der Waals surface area contributed by atoms with Crippen LogP contribution in [-0.2, 0) is 6.54 Å². The van der Waals surface area contributed by atoms with Gasteiger partial charge in [0.1, 0.15) is 5.82 Å².